The predicted molar refractivity (Wildman–Crippen MR) is 295 cm³/mol. The number of alkyl halides is 12. The highest BCUT2D eigenvalue weighted by Gasteiger charge is 2.39. The lowest BCUT2D eigenvalue weighted by Gasteiger charge is -2.44. The smallest absolute Gasteiger partial charge is 0.363 e. The number of ketones is 1. The fourth-order valence-corrected chi connectivity index (χ4v) is 11.2. The highest BCUT2D eigenvalue weighted by atomic mass is 32.2. The summed E-state index contributed by atoms with van der Waals surface area (Å²) in [6, 6.07) is 60.3. The molecule has 0 fully saturated rings. The van der Waals surface area contributed by atoms with Crippen LogP contribution in [0.4, 0.5) is 58.4 Å². The molecule has 0 saturated carbocycles. The first-order chi connectivity index (χ1) is 38.4. The van der Waals surface area contributed by atoms with Gasteiger partial charge in [-0.25, -0.2) is 0 Å². The molecule has 0 aromatic heterocycles. The lowest BCUT2D eigenvalue weighted by Crippen LogP contribution is -2.74. The van der Waals surface area contributed by atoms with Gasteiger partial charge >= 0.3 is 24.7 Å². The van der Waals surface area contributed by atoms with Gasteiger partial charge in [0.25, 0.3) is 0 Å². The lowest BCUT2D eigenvalue weighted by atomic mass is 9.13. The van der Waals surface area contributed by atoms with Crippen molar-refractivity contribution < 1.29 is 61.7 Å². The maximum atomic E-state index is 14.1. The van der Waals surface area contributed by atoms with Crippen molar-refractivity contribution in [3.8, 4) is 11.2 Å². The molecule has 1 atom stereocenters. The van der Waals surface area contributed by atoms with Gasteiger partial charge in [-0.05, 0) is 65.6 Å². The zero-order chi connectivity index (χ0) is 58.1. The number of hydrogen-bond acceptors (Lipinski definition) is 3. The van der Waals surface area contributed by atoms with E-state index in [0.29, 0.717) is 59.0 Å². The summed E-state index contributed by atoms with van der Waals surface area (Å²) >= 11 is 0. The molecule has 9 aromatic carbocycles. The fraction of sp³-hybridized carbons (Fsp3) is 0.109. The molecule has 0 heterocycles. The Balaban J connectivity index is 0.000000212. The highest BCUT2D eigenvalue weighted by molar-refractivity contribution is 8.07. The summed E-state index contributed by atoms with van der Waals surface area (Å²) in [7, 11) is -2.94. The minimum atomic E-state index is -4.77. The monoisotopic (exact) mass is 1130 g/mol. The van der Waals surface area contributed by atoms with Crippen molar-refractivity contribution in [2.24, 2.45) is 0 Å². The van der Waals surface area contributed by atoms with Crippen molar-refractivity contribution in [2.75, 3.05) is 10.7 Å². The minimum Gasteiger partial charge on any atom is -0.363 e. The number of hydrogen-bond donors (Lipinski definition) is 0. The number of rotatable bonds is 13. The Morgan fingerprint density at radius 2 is 0.704 bits per heavy atom. The minimum absolute atomic E-state index is 0.0114. The average Bonchev–Trinajstić information content (AvgIpc) is 3.20. The molecule has 3 nitrogen and oxygen atoms in total. The Labute approximate surface area is 460 Å². The van der Waals surface area contributed by atoms with Crippen LogP contribution in [0.5, 0.6) is 0 Å². The van der Waals surface area contributed by atoms with Crippen LogP contribution in [0.2, 0.25) is 0 Å². The van der Waals surface area contributed by atoms with Crippen LogP contribution in [-0.4, -0.2) is 17.7 Å². The van der Waals surface area contributed by atoms with Crippen LogP contribution < -0.4 is 26.8 Å². The standard InChI is InChI=1S/C36H30NO2S.C28H16BF12/c38-36(29-40(39,35-19-11-4-12-20-35)26-25-30-13-5-1-6-14-30)33-21-23-34(24-22-33)37(27-31-15-7-2-8-16-31)28-32-17-9-3-10-18-32;30-25(31,32)17-1-9-21(10-2-17)29(22-11-3-18(4-12-22)26(33,34)35,23-13-5-19(6-14-23)27(36,37)38)24-15-7-20(8-16-24)28(39,40)41/h1-24H,27-29H2;1-16H/q+1;-1. The number of nitrogens with zero attached hydrogens (tertiary/aromatic N) is 1. The zero-order valence-corrected chi connectivity index (χ0v) is 43.3. The summed E-state index contributed by atoms with van der Waals surface area (Å²) in [4.78, 5) is 16.3. The van der Waals surface area contributed by atoms with Crippen molar-refractivity contribution in [1.29, 1.82) is 0 Å². The molecule has 0 N–H and O–H groups in total. The molecule has 0 saturated heterocycles. The number of halogens is 12. The van der Waals surface area contributed by atoms with Crippen molar-refractivity contribution in [3.05, 3.63) is 287 Å². The van der Waals surface area contributed by atoms with Crippen LogP contribution in [-0.2, 0) is 51.9 Å². The van der Waals surface area contributed by atoms with Gasteiger partial charge in [0.1, 0.15) is 6.15 Å². The molecule has 0 spiro atoms. The average molecular weight is 1130 g/mol. The van der Waals surface area contributed by atoms with Gasteiger partial charge in [0.2, 0.25) is 15.7 Å². The third-order valence-corrected chi connectivity index (χ3v) is 15.7. The summed E-state index contributed by atoms with van der Waals surface area (Å²) in [5.74, 6) is 2.66. The number of carbonyl (C=O) groups excluding carboxylic acids is 1. The zero-order valence-electron chi connectivity index (χ0n) is 42.5. The van der Waals surface area contributed by atoms with Crippen molar-refractivity contribution in [1.82, 2.24) is 0 Å². The van der Waals surface area contributed by atoms with E-state index in [4.69, 9.17) is 0 Å². The van der Waals surface area contributed by atoms with Crippen molar-refractivity contribution in [2.45, 2.75) is 42.7 Å². The van der Waals surface area contributed by atoms with E-state index in [1.807, 2.05) is 109 Å². The molecule has 17 heteroatoms. The quantitative estimate of drug-likeness (QED) is 0.0380. The van der Waals surface area contributed by atoms with E-state index in [-0.39, 0.29) is 33.4 Å². The molecule has 0 aliphatic carbocycles. The number of Topliss-reactive ketones (excluding diaryl/α,β-unsaturated/α-hetero) is 1. The summed E-state index contributed by atoms with van der Waals surface area (Å²) in [5.41, 5.74) is 0.415. The Bertz CT molecular complexity index is 3350. The maximum absolute atomic E-state index is 14.1. The third-order valence-electron chi connectivity index (χ3n) is 13.5. The first-order valence-corrected chi connectivity index (χ1v) is 26.6. The largest absolute Gasteiger partial charge is 0.416 e. The summed E-state index contributed by atoms with van der Waals surface area (Å²) in [5, 5.41) is 2.96. The van der Waals surface area contributed by atoms with E-state index in [2.05, 4.69) is 40.3 Å². The molecule has 0 aliphatic rings. The predicted octanol–water partition coefficient (Wildman–Crippen LogP) is 14.8. The van der Waals surface area contributed by atoms with Crippen LogP contribution in [0, 0.1) is 11.2 Å². The first-order valence-electron chi connectivity index (χ1n) is 24.9. The second-order valence-corrected chi connectivity index (χ2v) is 21.2. The Hall–Kier alpha value is -8.62. The Kier molecular flexibility index (Phi) is 17.6. The van der Waals surface area contributed by atoms with E-state index in [0.717, 1.165) is 72.9 Å². The van der Waals surface area contributed by atoms with Crippen LogP contribution in [0.25, 0.3) is 0 Å². The molecular weight excluding hydrogens is 1090 g/mol. The van der Waals surface area contributed by atoms with Crippen LogP contribution in [0.15, 0.2) is 248 Å². The highest BCUT2D eigenvalue weighted by Crippen LogP contribution is 2.33. The van der Waals surface area contributed by atoms with Gasteiger partial charge in [-0.1, -0.05) is 198 Å². The van der Waals surface area contributed by atoms with E-state index in [1.165, 1.54) is 11.1 Å². The molecule has 0 radical (unpaired) electrons. The van der Waals surface area contributed by atoms with Crippen LogP contribution in [0.1, 0.15) is 49.3 Å². The van der Waals surface area contributed by atoms with E-state index in [1.54, 1.807) is 12.1 Å². The maximum Gasteiger partial charge on any atom is 0.416 e. The summed E-state index contributed by atoms with van der Waals surface area (Å²) in [6.07, 6.45) is -22.0. The Morgan fingerprint density at radius 3 is 1.02 bits per heavy atom. The molecule has 81 heavy (non-hydrogen) atoms. The van der Waals surface area contributed by atoms with Crippen molar-refractivity contribution >= 4 is 49.4 Å². The van der Waals surface area contributed by atoms with Gasteiger partial charge in [0.05, 0.1) is 22.3 Å². The van der Waals surface area contributed by atoms with Gasteiger partial charge in [-0.3, -0.25) is 4.79 Å². The Morgan fingerprint density at radius 1 is 0.395 bits per heavy atom. The number of benzene rings is 9. The molecule has 9 rings (SSSR count). The molecule has 0 aliphatic heterocycles. The summed E-state index contributed by atoms with van der Waals surface area (Å²) in [6.45, 7) is 1.47. The van der Waals surface area contributed by atoms with E-state index in [9.17, 15) is 61.7 Å². The fourth-order valence-electron chi connectivity index (χ4n) is 9.45. The molecule has 412 valence electrons. The van der Waals surface area contributed by atoms with Gasteiger partial charge in [0.15, 0.2) is 15.9 Å². The number of carbonyl (C=O) groups is 1. The van der Waals surface area contributed by atoms with Crippen molar-refractivity contribution in [3.63, 3.8) is 0 Å². The van der Waals surface area contributed by atoms with Gasteiger partial charge in [-0.2, -0.15) is 74.5 Å². The molecule has 9 aromatic rings. The second kappa shape index (κ2) is 24.4. The summed E-state index contributed by atoms with van der Waals surface area (Å²) < 4.78 is 174. The van der Waals surface area contributed by atoms with Crippen LogP contribution >= 0.6 is 0 Å². The SMILES string of the molecule is FC(F)(F)c1ccc([B-](c2ccc(C(F)(F)F)cc2)(c2ccc(C(F)(F)F)cc2)c2ccc(C(F)(F)F)cc2)cc1.O=C(C[S+](=O)(C#Cc1ccccc1)c1ccccc1)c1ccc(N(Cc2ccccc2)Cc2ccccc2)cc1. The van der Waals surface area contributed by atoms with Crippen LogP contribution in [0.3, 0.4) is 0 Å². The molecular formula is C64H46BF12NO2S. The molecule has 1 unspecified atom stereocenters. The van der Waals surface area contributed by atoms with Gasteiger partial charge in [-0.15, -0.1) is 0 Å². The third kappa shape index (κ3) is 14.4. The van der Waals surface area contributed by atoms with Gasteiger partial charge < -0.3 is 4.90 Å². The first kappa shape index (κ1) is 58.5. The normalized spacial score (nSPS) is 12.7. The molecule has 0 bridgehead atoms. The van der Waals surface area contributed by atoms with E-state index < -0.39 is 63.0 Å². The second-order valence-electron chi connectivity index (χ2n) is 18.9. The van der Waals surface area contributed by atoms with E-state index >= 15 is 0 Å². The van der Waals surface area contributed by atoms with Gasteiger partial charge in [0, 0.05) is 29.9 Å². The topological polar surface area (TPSA) is 37.4 Å². The number of anilines is 1. The lowest BCUT2D eigenvalue weighted by molar-refractivity contribution is -0.138. The molecule has 0 amide bonds.